The average Bonchev–Trinajstić information content (AvgIpc) is 2.66. The van der Waals surface area contributed by atoms with Gasteiger partial charge in [-0.3, -0.25) is 4.79 Å². The van der Waals surface area contributed by atoms with Gasteiger partial charge in [-0.15, -0.1) is 0 Å². The Morgan fingerprint density at radius 3 is 2.78 bits per heavy atom. The number of pyridine rings is 1. The summed E-state index contributed by atoms with van der Waals surface area (Å²) in [5.41, 5.74) is 0.318. The maximum Gasteiger partial charge on any atom is 0.416 e. The topological polar surface area (TPSA) is 53.4 Å². The molecule has 0 saturated carbocycles. The number of hydrogen-bond acceptors (Lipinski definition) is 3. The molecule has 1 fully saturated rings. The summed E-state index contributed by atoms with van der Waals surface area (Å²) in [7, 11) is 0. The minimum absolute atomic E-state index is 0.00385. The number of amides is 1. The lowest BCUT2D eigenvalue weighted by Crippen LogP contribution is -2.40. The lowest BCUT2D eigenvalue weighted by molar-refractivity contribution is -0.137. The van der Waals surface area contributed by atoms with Gasteiger partial charge in [0.25, 0.3) is 5.91 Å². The smallest absolute Gasteiger partial charge is 0.416 e. The summed E-state index contributed by atoms with van der Waals surface area (Å²) in [6.07, 6.45) is -0.00547. The summed E-state index contributed by atoms with van der Waals surface area (Å²) in [4.78, 5) is 18.2. The Bertz CT molecular complexity index is 791. The van der Waals surface area contributed by atoms with Crippen LogP contribution in [0.3, 0.4) is 0 Å². The Balaban J connectivity index is 1.59. The van der Waals surface area contributed by atoms with Gasteiger partial charge in [-0.25, -0.2) is 4.98 Å². The normalized spacial score (nSPS) is 17.7. The molecule has 1 aromatic heterocycles. The molecule has 3 rings (SSSR count). The quantitative estimate of drug-likeness (QED) is 0.864. The molecule has 1 N–H and O–H groups in total. The lowest BCUT2D eigenvalue weighted by atomic mass is 9.91. The molecular formula is C20H21F3N2O2. The first-order valence-corrected chi connectivity index (χ1v) is 8.93. The highest BCUT2D eigenvalue weighted by molar-refractivity contribution is 5.92. The Kier molecular flexibility index (Phi) is 5.68. The largest absolute Gasteiger partial charge is 0.506 e. The zero-order valence-electron chi connectivity index (χ0n) is 14.7. The molecule has 0 radical (unpaired) electrons. The third kappa shape index (κ3) is 4.99. The Hall–Kier alpha value is -2.57. The number of halogens is 3. The van der Waals surface area contributed by atoms with E-state index in [0.717, 1.165) is 25.3 Å². The molecule has 2 heterocycles. The minimum Gasteiger partial charge on any atom is -0.506 e. The molecule has 0 unspecified atom stereocenters. The third-order valence-corrected chi connectivity index (χ3v) is 4.87. The number of piperidine rings is 1. The second-order valence-electron chi connectivity index (χ2n) is 6.90. The highest BCUT2D eigenvalue weighted by atomic mass is 19.4. The fraction of sp³-hybridized carbons (Fsp3) is 0.400. The van der Waals surface area contributed by atoms with Crippen LogP contribution in [0.25, 0.3) is 0 Å². The van der Waals surface area contributed by atoms with E-state index in [2.05, 4.69) is 4.98 Å². The molecule has 1 saturated heterocycles. The summed E-state index contributed by atoms with van der Waals surface area (Å²) < 4.78 is 38.5. The van der Waals surface area contributed by atoms with E-state index in [0.29, 0.717) is 25.1 Å². The maximum atomic E-state index is 12.8. The number of rotatable bonds is 4. The number of alkyl halides is 3. The van der Waals surface area contributed by atoms with Gasteiger partial charge >= 0.3 is 6.18 Å². The number of likely N-dealkylation sites (tertiary alicyclic amines) is 1. The molecule has 2 aromatic rings. The summed E-state index contributed by atoms with van der Waals surface area (Å²) in [6, 6.07) is 8.34. The number of carbonyl (C=O) groups is 1. The first kappa shape index (κ1) is 19.2. The maximum absolute atomic E-state index is 12.8. The van der Waals surface area contributed by atoms with Crippen LogP contribution in [0.5, 0.6) is 5.75 Å². The second-order valence-corrected chi connectivity index (χ2v) is 6.90. The predicted octanol–water partition coefficient (Wildman–Crippen LogP) is 4.29. The fourth-order valence-electron chi connectivity index (χ4n) is 3.43. The molecule has 1 atom stereocenters. The monoisotopic (exact) mass is 378 g/mol. The van der Waals surface area contributed by atoms with Gasteiger partial charge in [0, 0.05) is 13.1 Å². The van der Waals surface area contributed by atoms with Gasteiger partial charge < -0.3 is 10.0 Å². The van der Waals surface area contributed by atoms with Crippen LogP contribution in [0, 0.1) is 5.92 Å². The van der Waals surface area contributed by atoms with E-state index in [-0.39, 0.29) is 23.3 Å². The minimum atomic E-state index is -4.33. The number of nitrogens with zero attached hydrogens (tertiary/aromatic N) is 2. The SMILES string of the molecule is O=C(c1ccc(O)cn1)N1CCC[C@@H](CCc2cccc(C(F)(F)F)c2)C1. The van der Waals surface area contributed by atoms with Crippen molar-refractivity contribution in [2.24, 2.45) is 5.92 Å². The highest BCUT2D eigenvalue weighted by Gasteiger charge is 2.30. The molecule has 4 nitrogen and oxygen atoms in total. The first-order valence-electron chi connectivity index (χ1n) is 8.93. The van der Waals surface area contributed by atoms with Crippen LogP contribution in [-0.4, -0.2) is 34.0 Å². The molecule has 1 amide bonds. The summed E-state index contributed by atoms with van der Waals surface area (Å²) in [5.74, 6) is 0.0669. The molecular weight excluding hydrogens is 357 g/mol. The van der Waals surface area contributed by atoms with Gasteiger partial charge in [-0.2, -0.15) is 13.2 Å². The number of aryl methyl sites for hydroxylation is 1. The van der Waals surface area contributed by atoms with Gasteiger partial charge in [0.05, 0.1) is 11.8 Å². The summed E-state index contributed by atoms with van der Waals surface area (Å²) in [5, 5.41) is 9.28. The van der Waals surface area contributed by atoms with Crippen molar-refractivity contribution >= 4 is 5.91 Å². The van der Waals surface area contributed by atoms with Gasteiger partial charge in [-0.05, 0) is 55.4 Å². The molecule has 27 heavy (non-hydrogen) atoms. The zero-order valence-corrected chi connectivity index (χ0v) is 14.7. The van der Waals surface area contributed by atoms with E-state index in [4.69, 9.17) is 0 Å². The Morgan fingerprint density at radius 2 is 2.07 bits per heavy atom. The molecule has 0 bridgehead atoms. The number of aromatic hydroxyl groups is 1. The molecule has 0 aliphatic carbocycles. The molecule has 1 aromatic carbocycles. The van der Waals surface area contributed by atoms with Crippen molar-refractivity contribution in [2.45, 2.75) is 31.9 Å². The Labute approximate surface area is 155 Å². The van der Waals surface area contributed by atoms with Crippen molar-refractivity contribution in [3.8, 4) is 5.75 Å². The van der Waals surface area contributed by atoms with Crippen molar-refractivity contribution in [1.29, 1.82) is 0 Å². The van der Waals surface area contributed by atoms with Crippen LogP contribution < -0.4 is 0 Å². The molecule has 1 aliphatic heterocycles. The van der Waals surface area contributed by atoms with Crippen LogP contribution in [0.4, 0.5) is 13.2 Å². The van der Waals surface area contributed by atoms with Crippen LogP contribution in [0.1, 0.15) is 40.9 Å². The Morgan fingerprint density at radius 1 is 1.26 bits per heavy atom. The molecule has 144 valence electrons. The number of carbonyl (C=O) groups excluding carboxylic acids is 1. The van der Waals surface area contributed by atoms with Gasteiger partial charge in [-0.1, -0.05) is 18.2 Å². The molecule has 0 spiro atoms. The van der Waals surface area contributed by atoms with Crippen LogP contribution in [-0.2, 0) is 12.6 Å². The van der Waals surface area contributed by atoms with Crippen molar-refractivity contribution in [3.63, 3.8) is 0 Å². The van der Waals surface area contributed by atoms with E-state index in [1.165, 1.54) is 30.5 Å². The first-order chi connectivity index (χ1) is 12.8. The summed E-state index contributed by atoms with van der Waals surface area (Å²) in [6.45, 7) is 1.21. The summed E-state index contributed by atoms with van der Waals surface area (Å²) >= 11 is 0. The van der Waals surface area contributed by atoms with Crippen LogP contribution >= 0.6 is 0 Å². The van der Waals surface area contributed by atoms with Crippen LogP contribution in [0.15, 0.2) is 42.6 Å². The van der Waals surface area contributed by atoms with E-state index >= 15 is 0 Å². The standard InChI is InChI=1S/C20H21F3N2O2/c21-20(22,23)16-5-1-3-14(11-16)6-7-15-4-2-10-25(13-15)19(27)18-9-8-17(26)12-24-18/h1,3,5,8-9,11-12,15,26H,2,4,6-7,10,13H2/t15-/m0/s1. The van der Waals surface area contributed by atoms with Crippen molar-refractivity contribution in [3.05, 3.63) is 59.4 Å². The highest BCUT2D eigenvalue weighted by Crippen LogP contribution is 2.30. The predicted molar refractivity (Wildman–Crippen MR) is 94.3 cm³/mol. The van der Waals surface area contributed by atoms with Crippen molar-refractivity contribution in [2.75, 3.05) is 13.1 Å². The van der Waals surface area contributed by atoms with Gasteiger partial charge in [0.1, 0.15) is 11.4 Å². The van der Waals surface area contributed by atoms with Gasteiger partial charge in [0.15, 0.2) is 0 Å². The molecule has 7 heteroatoms. The third-order valence-electron chi connectivity index (χ3n) is 4.87. The van der Waals surface area contributed by atoms with Gasteiger partial charge in [0.2, 0.25) is 0 Å². The lowest BCUT2D eigenvalue weighted by Gasteiger charge is -2.32. The van der Waals surface area contributed by atoms with Crippen molar-refractivity contribution < 1.29 is 23.1 Å². The van der Waals surface area contributed by atoms with E-state index in [9.17, 15) is 23.1 Å². The van der Waals surface area contributed by atoms with Crippen molar-refractivity contribution in [1.82, 2.24) is 9.88 Å². The number of hydrogen-bond donors (Lipinski definition) is 1. The average molecular weight is 378 g/mol. The number of aromatic nitrogens is 1. The number of benzene rings is 1. The van der Waals surface area contributed by atoms with E-state index in [1.54, 1.807) is 11.0 Å². The van der Waals surface area contributed by atoms with E-state index in [1.807, 2.05) is 0 Å². The zero-order chi connectivity index (χ0) is 19.4. The van der Waals surface area contributed by atoms with Crippen LogP contribution in [0.2, 0.25) is 0 Å². The second kappa shape index (κ2) is 7.98. The van der Waals surface area contributed by atoms with E-state index < -0.39 is 11.7 Å². The fourth-order valence-corrected chi connectivity index (χ4v) is 3.43. The molecule has 1 aliphatic rings.